The van der Waals surface area contributed by atoms with Crippen LogP contribution in [-0.2, 0) is 6.42 Å². The van der Waals surface area contributed by atoms with E-state index in [0.717, 1.165) is 22.3 Å². The first kappa shape index (κ1) is 7.92. The Balaban J connectivity index is 2.29. The van der Waals surface area contributed by atoms with Gasteiger partial charge in [-0.25, -0.2) is 4.39 Å². The van der Waals surface area contributed by atoms with Crippen molar-refractivity contribution >= 4 is 11.9 Å². The summed E-state index contributed by atoms with van der Waals surface area (Å²) in [6, 6.07) is 3.67. The summed E-state index contributed by atoms with van der Waals surface area (Å²) < 4.78 is 13.5. The zero-order chi connectivity index (χ0) is 9.71. The second-order valence-corrected chi connectivity index (χ2v) is 3.78. The highest BCUT2D eigenvalue weighted by atomic mass is 19.1. The second-order valence-electron chi connectivity index (χ2n) is 3.78. The van der Waals surface area contributed by atoms with E-state index in [9.17, 15) is 9.18 Å². The van der Waals surface area contributed by atoms with Crippen LogP contribution in [-0.4, -0.2) is 5.78 Å². The highest BCUT2D eigenvalue weighted by Crippen LogP contribution is 2.38. The average molecular weight is 188 g/mol. The summed E-state index contributed by atoms with van der Waals surface area (Å²) in [4.78, 5) is 11.4. The van der Waals surface area contributed by atoms with E-state index in [4.69, 9.17) is 0 Å². The third-order valence-corrected chi connectivity index (χ3v) is 3.01. The molecule has 3 rings (SSSR count). The van der Waals surface area contributed by atoms with Crippen molar-refractivity contribution in [2.24, 2.45) is 0 Å². The number of allylic oxidation sites excluding steroid dienone is 1. The Labute approximate surface area is 81.2 Å². The highest BCUT2D eigenvalue weighted by molar-refractivity contribution is 6.01. The van der Waals surface area contributed by atoms with Crippen molar-refractivity contribution in [1.29, 1.82) is 0 Å². The van der Waals surface area contributed by atoms with Crippen LogP contribution in [0.3, 0.4) is 0 Å². The van der Waals surface area contributed by atoms with Crippen LogP contribution in [0.5, 0.6) is 0 Å². The van der Waals surface area contributed by atoms with Gasteiger partial charge in [-0.05, 0) is 23.6 Å². The fourth-order valence-corrected chi connectivity index (χ4v) is 2.34. The zero-order valence-electron chi connectivity index (χ0n) is 7.59. The summed E-state index contributed by atoms with van der Waals surface area (Å²) in [6.07, 6.45) is 3.58. The standard InChI is InChI=1S/C12H9FO/c13-10-5-2-7-1-3-8-9(12(7)10)4-6-11(8)14/h1-3,5,10H,4,6H2. The van der Waals surface area contributed by atoms with Crippen molar-refractivity contribution in [2.45, 2.75) is 19.0 Å². The van der Waals surface area contributed by atoms with Gasteiger partial charge in [0.05, 0.1) is 0 Å². The first-order chi connectivity index (χ1) is 6.77. The number of carbonyl (C=O) groups is 1. The number of benzene rings is 1. The van der Waals surface area contributed by atoms with Crippen molar-refractivity contribution in [1.82, 2.24) is 0 Å². The minimum absolute atomic E-state index is 0.155. The molecule has 0 radical (unpaired) electrons. The Morgan fingerprint density at radius 2 is 2.14 bits per heavy atom. The Hall–Kier alpha value is -1.44. The van der Waals surface area contributed by atoms with E-state index in [-0.39, 0.29) is 5.78 Å². The minimum Gasteiger partial charge on any atom is -0.294 e. The van der Waals surface area contributed by atoms with Gasteiger partial charge < -0.3 is 0 Å². The van der Waals surface area contributed by atoms with Gasteiger partial charge in [0.25, 0.3) is 0 Å². The molecule has 2 aliphatic carbocycles. The molecule has 0 aliphatic heterocycles. The fraction of sp³-hybridized carbons (Fsp3) is 0.250. The maximum Gasteiger partial charge on any atom is 0.163 e. The molecule has 1 aromatic carbocycles. The third-order valence-electron chi connectivity index (χ3n) is 3.01. The van der Waals surface area contributed by atoms with Crippen LogP contribution in [0.2, 0.25) is 0 Å². The van der Waals surface area contributed by atoms with E-state index in [1.807, 2.05) is 12.1 Å². The monoisotopic (exact) mass is 188 g/mol. The van der Waals surface area contributed by atoms with E-state index in [1.165, 1.54) is 0 Å². The number of ketones is 1. The molecule has 2 aliphatic rings. The highest BCUT2D eigenvalue weighted by Gasteiger charge is 2.28. The van der Waals surface area contributed by atoms with Gasteiger partial charge in [0.1, 0.15) is 6.17 Å². The molecule has 1 unspecified atom stereocenters. The van der Waals surface area contributed by atoms with E-state index in [0.29, 0.717) is 12.8 Å². The average Bonchev–Trinajstić information content (AvgIpc) is 2.72. The lowest BCUT2D eigenvalue weighted by Gasteiger charge is -2.08. The number of hydrogen-bond donors (Lipinski definition) is 0. The van der Waals surface area contributed by atoms with Crippen LogP contribution in [0.25, 0.3) is 6.08 Å². The number of hydrogen-bond acceptors (Lipinski definition) is 1. The molecule has 0 aromatic heterocycles. The van der Waals surface area contributed by atoms with Gasteiger partial charge in [0, 0.05) is 17.5 Å². The molecule has 14 heavy (non-hydrogen) atoms. The first-order valence-corrected chi connectivity index (χ1v) is 4.78. The summed E-state index contributed by atoms with van der Waals surface area (Å²) in [5, 5.41) is 0. The van der Waals surface area contributed by atoms with Crippen LogP contribution < -0.4 is 0 Å². The predicted octanol–water partition coefficient (Wildman–Crippen LogP) is 2.85. The van der Waals surface area contributed by atoms with Gasteiger partial charge in [0.2, 0.25) is 0 Å². The second kappa shape index (κ2) is 2.53. The van der Waals surface area contributed by atoms with Crippen LogP contribution in [0, 0.1) is 0 Å². The number of Topliss-reactive ketones (excluding diaryl/α,β-unsaturated/α-hetero) is 1. The Bertz CT molecular complexity index is 460. The quantitative estimate of drug-likeness (QED) is 0.611. The minimum atomic E-state index is -1.01. The topological polar surface area (TPSA) is 17.1 Å². The van der Waals surface area contributed by atoms with E-state index < -0.39 is 6.17 Å². The number of halogens is 1. The van der Waals surface area contributed by atoms with E-state index >= 15 is 0 Å². The van der Waals surface area contributed by atoms with E-state index in [1.54, 1.807) is 12.2 Å². The molecule has 1 aromatic rings. The van der Waals surface area contributed by atoms with Crippen molar-refractivity contribution < 1.29 is 9.18 Å². The van der Waals surface area contributed by atoms with Gasteiger partial charge in [-0.2, -0.15) is 0 Å². The van der Waals surface area contributed by atoms with Crippen LogP contribution in [0.1, 0.15) is 39.6 Å². The third kappa shape index (κ3) is 0.857. The molecule has 0 saturated heterocycles. The Morgan fingerprint density at radius 3 is 3.00 bits per heavy atom. The van der Waals surface area contributed by atoms with Crippen LogP contribution in [0.4, 0.5) is 4.39 Å². The molecular weight excluding hydrogens is 179 g/mol. The van der Waals surface area contributed by atoms with Crippen molar-refractivity contribution in [3.63, 3.8) is 0 Å². The predicted molar refractivity (Wildman–Crippen MR) is 52.0 cm³/mol. The molecular formula is C12H9FO. The van der Waals surface area contributed by atoms with Crippen molar-refractivity contribution in [2.75, 3.05) is 0 Å². The molecule has 2 heteroatoms. The molecule has 1 nitrogen and oxygen atoms in total. The van der Waals surface area contributed by atoms with Crippen LogP contribution in [0.15, 0.2) is 18.2 Å². The largest absolute Gasteiger partial charge is 0.294 e. The molecule has 0 N–H and O–H groups in total. The maximum absolute atomic E-state index is 13.5. The lowest BCUT2D eigenvalue weighted by molar-refractivity contribution is 0.0994. The lowest BCUT2D eigenvalue weighted by Crippen LogP contribution is -1.96. The van der Waals surface area contributed by atoms with Crippen LogP contribution >= 0.6 is 0 Å². The lowest BCUT2D eigenvalue weighted by atomic mass is 9.98. The molecule has 0 bridgehead atoms. The Morgan fingerprint density at radius 1 is 1.29 bits per heavy atom. The van der Waals surface area contributed by atoms with Crippen molar-refractivity contribution in [3.05, 3.63) is 40.5 Å². The number of rotatable bonds is 0. The molecule has 0 heterocycles. The normalized spacial score (nSPS) is 22.6. The van der Waals surface area contributed by atoms with Crippen molar-refractivity contribution in [3.8, 4) is 0 Å². The Kier molecular flexibility index (Phi) is 1.43. The van der Waals surface area contributed by atoms with E-state index in [2.05, 4.69) is 0 Å². The molecule has 0 fully saturated rings. The summed E-state index contributed by atoms with van der Waals surface area (Å²) in [7, 11) is 0. The first-order valence-electron chi connectivity index (χ1n) is 4.78. The SMILES string of the molecule is O=C1CCc2c1ccc1c2C(F)C=C1. The van der Waals surface area contributed by atoms with Gasteiger partial charge in [-0.15, -0.1) is 0 Å². The zero-order valence-corrected chi connectivity index (χ0v) is 7.59. The van der Waals surface area contributed by atoms with Gasteiger partial charge >= 0.3 is 0 Å². The van der Waals surface area contributed by atoms with Gasteiger partial charge in [-0.3, -0.25) is 4.79 Å². The molecule has 1 atom stereocenters. The maximum atomic E-state index is 13.5. The fourth-order valence-electron chi connectivity index (χ4n) is 2.34. The molecule has 70 valence electrons. The number of alkyl halides is 1. The molecule has 0 spiro atoms. The summed E-state index contributed by atoms with van der Waals surface area (Å²) >= 11 is 0. The number of carbonyl (C=O) groups excluding carboxylic acids is 1. The van der Waals surface area contributed by atoms with Gasteiger partial charge in [-0.1, -0.05) is 18.2 Å². The summed E-state index contributed by atoms with van der Waals surface area (Å²) in [5.41, 5.74) is 3.33. The number of fused-ring (bicyclic) bond motifs is 3. The van der Waals surface area contributed by atoms with Gasteiger partial charge in [0.15, 0.2) is 5.78 Å². The molecule has 0 saturated carbocycles. The molecule has 0 amide bonds. The summed E-state index contributed by atoms with van der Waals surface area (Å²) in [6.45, 7) is 0. The smallest absolute Gasteiger partial charge is 0.163 e. The summed E-state index contributed by atoms with van der Waals surface area (Å²) in [5.74, 6) is 0.155.